The first-order valence-electron chi connectivity index (χ1n) is 6.86. The maximum atomic E-state index is 12.2. The number of hydrogen-bond donors (Lipinski definition) is 0. The van der Waals surface area contributed by atoms with E-state index in [1.807, 2.05) is 6.07 Å². The molecule has 0 aliphatic rings. The molecule has 1 aromatic heterocycles. The SMILES string of the molecule is FC(F)Oc1cccc(CSc2nnc(-c3cccc(Cl)c3)o2)c1. The van der Waals surface area contributed by atoms with Gasteiger partial charge in [0.15, 0.2) is 0 Å². The van der Waals surface area contributed by atoms with E-state index < -0.39 is 6.61 Å². The van der Waals surface area contributed by atoms with Gasteiger partial charge in [-0.25, -0.2) is 0 Å². The third kappa shape index (κ3) is 4.46. The van der Waals surface area contributed by atoms with Crippen LogP contribution in [-0.4, -0.2) is 16.8 Å². The van der Waals surface area contributed by atoms with Gasteiger partial charge in [-0.1, -0.05) is 41.6 Å². The molecule has 0 unspecified atom stereocenters. The van der Waals surface area contributed by atoms with Crippen LogP contribution in [-0.2, 0) is 5.75 Å². The zero-order chi connectivity index (χ0) is 16.9. The first kappa shape index (κ1) is 16.7. The van der Waals surface area contributed by atoms with Gasteiger partial charge in [0.1, 0.15) is 5.75 Å². The summed E-state index contributed by atoms with van der Waals surface area (Å²) in [5, 5.41) is 8.90. The molecule has 0 atom stereocenters. The van der Waals surface area contributed by atoms with Crippen LogP contribution in [0.2, 0.25) is 5.02 Å². The van der Waals surface area contributed by atoms with Crippen molar-refractivity contribution < 1.29 is 17.9 Å². The summed E-state index contributed by atoms with van der Waals surface area (Å²) in [6.45, 7) is -2.84. The number of ether oxygens (including phenoxy) is 1. The molecule has 3 rings (SSSR count). The van der Waals surface area contributed by atoms with Gasteiger partial charge in [0, 0.05) is 16.3 Å². The molecule has 0 bridgehead atoms. The van der Waals surface area contributed by atoms with Gasteiger partial charge in [0.05, 0.1) is 0 Å². The molecule has 0 spiro atoms. The molecular formula is C16H11ClF2N2O2S. The third-order valence-electron chi connectivity index (χ3n) is 2.96. The molecule has 0 saturated carbocycles. The Morgan fingerprint density at radius 2 is 1.96 bits per heavy atom. The van der Waals surface area contributed by atoms with Crippen molar-refractivity contribution in [1.29, 1.82) is 0 Å². The van der Waals surface area contributed by atoms with Gasteiger partial charge in [-0.2, -0.15) is 8.78 Å². The summed E-state index contributed by atoms with van der Waals surface area (Å²) in [4.78, 5) is 0. The molecule has 24 heavy (non-hydrogen) atoms. The number of thioether (sulfide) groups is 1. The second kappa shape index (κ2) is 7.63. The van der Waals surface area contributed by atoms with E-state index in [0.717, 1.165) is 11.1 Å². The van der Waals surface area contributed by atoms with Crippen molar-refractivity contribution in [3.63, 3.8) is 0 Å². The van der Waals surface area contributed by atoms with E-state index in [4.69, 9.17) is 16.0 Å². The number of benzene rings is 2. The van der Waals surface area contributed by atoms with Crippen LogP contribution >= 0.6 is 23.4 Å². The summed E-state index contributed by atoms with van der Waals surface area (Å²) in [6, 6.07) is 13.6. The van der Waals surface area contributed by atoms with Gasteiger partial charge in [0.25, 0.3) is 5.22 Å². The highest BCUT2D eigenvalue weighted by Gasteiger charge is 2.10. The molecule has 0 fully saturated rings. The average Bonchev–Trinajstić information content (AvgIpc) is 3.02. The van der Waals surface area contributed by atoms with Crippen LogP contribution in [0.5, 0.6) is 5.75 Å². The minimum absolute atomic E-state index is 0.119. The van der Waals surface area contributed by atoms with E-state index in [9.17, 15) is 8.78 Å². The Labute approximate surface area is 145 Å². The van der Waals surface area contributed by atoms with Crippen molar-refractivity contribution in [3.05, 3.63) is 59.1 Å². The molecule has 4 nitrogen and oxygen atoms in total. The lowest BCUT2D eigenvalue weighted by molar-refractivity contribution is -0.0498. The predicted octanol–water partition coefficient (Wildman–Crippen LogP) is 5.28. The highest BCUT2D eigenvalue weighted by molar-refractivity contribution is 7.98. The van der Waals surface area contributed by atoms with Crippen LogP contribution in [0.3, 0.4) is 0 Å². The molecule has 0 aliphatic heterocycles. The Morgan fingerprint density at radius 1 is 1.12 bits per heavy atom. The Balaban J connectivity index is 1.65. The van der Waals surface area contributed by atoms with Gasteiger partial charge in [-0.15, -0.1) is 10.2 Å². The van der Waals surface area contributed by atoms with E-state index >= 15 is 0 Å². The molecule has 2 aromatic carbocycles. The number of aromatic nitrogens is 2. The number of alkyl halides is 2. The summed E-state index contributed by atoms with van der Waals surface area (Å²) >= 11 is 7.24. The minimum Gasteiger partial charge on any atom is -0.435 e. The van der Waals surface area contributed by atoms with Crippen molar-refractivity contribution in [1.82, 2.24) is 10.2 Å². The van der Waals surface area contributed by atoms with Gasteiger partial charge >= 0.3 is 6.61 Å². The zero-order valence-corrected chi connectivity index (χ0v) is 13.7. The molecule has 0 N–H and O–H groups in total. The van der Waals surface area contributed by atoms with Crippen LogP contribution in [0.4, 0.5) is 8.78 Å². The number of halogens is 3. The van der Waals surface area contributed by atoms with Crippen LogP contribution in [0.15, 0.2) is 58.2 Å². The molecule has 8 heteroatoms. The molecule has 1 heterocycles. The maximum absolute atomic E-state index is 12.2. The van der Waals surface area contributed by atoms with Gasteiger partial charge in [-0.05, 0) is 35.9 Å². The predicted molar refractivity (Wildman–Crippen MR) is 87.4 cm³/mol. The van der Waals surface area contributed by atoms with Crippen LogP contribution in [0, 0.1) is 0 Å². The van der Waals surface area contributed by atoms with Crippen molar-refractivity contribution in [3.8, 4) is 17.2 Å². The van der Waals surface area contributed by atoms with Gasteiger partial charge < -0.3 is 9.15 Å². The smallest absolute Gasteiger partial charge is 0.387 e. The van der Waals surface area contributed by atoms with E-state index in [1.54, 1.807) is 36.4 Å². The highest BCUT2D eigenvalue weighted by atomic mass is 35.5. The van der Waals surface area contributed by atoms with Crippen LogP contribution < -0.4 is 4.74 Å². The first-order valence-corrected chi connectivity index (χ1v) is 8.22. The quantitative estimate of drug-likeness (QED) is 0.554. The number of hydrogen-bond acceptors (Lipinski definition) is 5. The van der Waals surface area contributed by atoms with Crippen molar-refractivity contribution >= 4 is 23.4 Å². The second-order valence-corrected chi connectivity index (χ2v) is 6.06. The van der Waals surface area contributed by atoms with Crippen molar-refractivity contribution in [2.75, 3.05) is 0 Å². The fourth-order valence-electron chi connectivity index (χ4n) is 1.96. The first-order chi connectivity index (χ1) is 11.6. The lowest BCUT2D eigenvalue weighted by Crippen LogP contribution is -2.01. The van der Waals surface area contributed by atoms with Crippen LogP contribution in [0.1, 0.15) is 5.56 Å². The highest BCUT2D eigenvalue weighted by Crippen LogP contribution is 2.28. The molecular weight excluding hydrogens is 358 g/mol. The summed E-state index contributed by atoms with van der Waals surface area (Å²) < 4.78 is 34.4. The Hall–Kier alpha value is -2.12. The van der Waals surface area contributed by atoms with Gasteiger partial charge in [0.2, 0.25) is 5.89 Å². The molecule has 124 valence electrons. The summed E-state index contributed by atoms with van der Waals surface area (Å²) in [6.07, 6.45) is 0. The van der Waals surface area contributed by atoms with E-state index in [0.29, 0.717) is 21.9 Å². The van der Waals surface area contributed by atoms with E-state index in [-0.39, 0.29) is 5.75 Å². The largest absolute Gasteiger partial charge is 0.435 e. The summed E-state index contributed by atoms with van der Waals surface area (Å²) in [5.41, 5.74) is 1.54. The normalized spacial score (nSPS) is 11.0. The Morgan fingerprint density at radius 3 is 2.75 bits per heavy atom. The van der Waals surface area contributed by atoms with E-state index in [2.05, 4.69) is 14.9 Å². The zero-order valence-electron chi connectivity index (χ0n) is 12.2. The van der Waals surface area contributed by atoms with E-state index in [1.165, 1.54) is 17.8 Å². The average molecular weight is 369 g/mol. The summed E-state index contributed by atoms with van der Waals surface area (Å²) in [7, 11) is 0. The fraction of sp³-hybridized carbons (Fsp3) is 0.125. The second-order valence-electron chi connectivity index (χ2n) is 4.70. The third-order valence-corrected chi connectivity index (χ3v) is 4.09. The Kier molecular flexibility index (Phi) is 5.32. The molecule has 0 radical (unpaired) electrons. The maximum Gasteiger partial charge on any atom is 0.387 e. The Bertz CT molecular complexity index is 829. The lowest BCUT2D eigenvalue weighted by Gasteiger charge is -2.05. The monoisotopic (exact) mass is 368 g/mol. The lowest BCUT2D eigenvalue weighted by atomic mass is 10.2. The fourth-order valence-corrected chi connectivity index (χ4v) is 2.86. The van der Waals surface area contributed by atoms with Crippen molar-refractivity contribution in [2.45, 2.75) is 17.6 Å². The molecule has 0 aliphatic carbocycles. The standard InChI is InChI=1S/C16H11ClF2N2O2S/c17-12-5-2-4-11(8-12)14-20-21-16(23-14)24-9-10-3-1-6-13(7-10)22-15(18)19/h1-8,15H,9H2. The molecule has 0 saturated heterocycles. The van der Waals surface area contributed by atoms with Gasteiger partial charge in [-0.3, -0.25) is 0 Å². The van der Waals surface area contributed by atoms with Crippen molar-refractivity contribution in [2.24, 2.45) is 0 Å². The number of nitrogens with zero attached hydrogens (tertiary/aromatic N) is 2. The number of rotatable bonds is 6. The topological polar surface area (TPSA) is 48.2 Å². The van der Waals surface area contributed by atoms with Crippen LogP contribution in [0.25, 0.3) is 11.5 Å². The molecule has 0 amide bonds. The minimum atomic E-state index is -2.84. The summed E-state index contributed by atoms with van der Waals surface area (Å²) in [5.74, 6) is 0.973. The molecule has 3 aromatic rings.